The van der Waals surface area contributed by atoms with Crippen LogP contribution in [0.25, 0.3) is 0 Å². The maximum atomic E-state index is 3.68. The zero-order valence-corrected chi connectivity index (χ0v) is 7.88. The second-order valence-electron chi connectivity index (χ2n) is 2.47. The Bertz CT molecular complexity index is 46.5. The molecule has 0 amide bonds. The summed E-state index contributed by atoms with van der Waals surface area (Å²) in [6, 6.07) is 1.40. The lowest BCUT2D eigenvalue weighted by atomic mass is 10.6. The molecule has 44 valence electrons. The molecule has 0 saturated carbocycles. The van der Waals surface area contributed by atoms with Crippen molar-refractivity contribution in [3.05, 3.63) is 0 Å². The van der Waals surface area contributed by atoms with Crippen LogP contribution in [0.2, 0.25) is 19.1 Å². The molecular formula is C5H13BrSi. The van der Waals surface area contributed by atoms with E-state index < -0.39 is 6.69 Å². The molecule has 0 bridgehead atoms. The van der Waals surface area contributed by atoms with Gasteiger partial charge in [-0.2, -0.15) is 0 Å². The van der Waals surface area contributed by atoms with Gasteiger partial charge in [-0.05, 0) is 6.04 Å². The summed E-state index contributed by atoms with van der Waals surface area (Å²) in [6.45, 7) is 6.05. The van der Waals surface area contributed by atoms with Crippen molar-refractivity contribution in [3.63, 3.8) is 0 Å². The first-order valence-electron chi connectivity index (χ1n) is 2.75. The van der Waals surface area contributed by atoms with Gasteiger partial charge in [0.05, 0.1) is 0 Å². The Morgan fingerprint density at radius 3 is 1.86 bits per heavy atom. The molecule has 0 rings (SSSR count). The minimum Gasteiger partial charge on any atom is -0.127 e. The highest BCUT2D eigenvalue weighted by Gasteiger charge is 2.12. The fourth-order valence-corrected chi connectivity index (χ4v) is 2.97. The van der Waals surface area contributed by atoms with Gasteiger partial charge in [0, 0.05) is 0 Å². The SMILES string of the molecule is CCC[Si](C)(C)Br. The van der Waals surface area contributed by atoms with Crippen molar-refractivity contribution in [3.8, 4) is 0 Å². The van der Waals surface area contributed by atoms with E-state index in [0.29, 0.717) is 0 Å². The van der Waals surface area contributed by atoms with Crippen LogP contribution in [-0.4, -0.2) is 6.69 Å². The Balaban J connectivity index is 3.15. The second-order valence-corrected chi connectivity index (χ2v) is 12.8. The number of halogens is 1. The van der Waals surface area contributed by atoms with Crippen molar-refractivity contribution >= 4 is 22.0 Å². The summed E-state index contributed by atoms with van der Waals surface area (Å²) in [7, 11) is 0. The summed E-state index contributed by atoms with van der Waals surface area (Å²) in [5, 5.41) is 0. The molecule has 0 aromatic heterocycles. The van der Waals surface area contributed by atoms with Crippen molar-refractivity contribution < 1.29 is 0 Å². The van der Waals surface area contributed by atoms with Gasteiger partial charge in [-0.1, -0.05) is 26.4 Å². The molecule has 0 atom stereocenters. The van der Waals surface area contributed by atoms with Crippen molar-refractivity contribution in [2.24, 2.45) is 0 Å². The van der Waals surface area contributed by atoms with E-state index in [-0.39, 0.29) is 0 Å². The highest BCUT2D eigenvalue weighted by molar-refractivity contribution is 9.26. The Morgan fingerprint density at radius 2 is 1.86 bits per heavy atom. The molecule has 0 radical (unpaired) electrons. The highest BCUT2D eigenvalue weighted by Crippen LogP contribution is 2.17. The zero-order valence-electron chi connectivity index (χ0n) is 5.29. The van der Waals surface area contributed by atoms with Crippen LogP contribution in [0.3, 0.4) is 0 Å². The Labute approximate surface area is 54.9 Å². The Kier molecular flexibility index (Phi) is 3.16. The molecule has 0 N–H and O–H groups in total. The van der Waals surface area contributed by atoms with Crippen LogP contribution >= 0.6 is 15.3 Å². The van der Waals surface area contributed by atoms with Gasteiger partial charge in [-0.15, -0.1) is 15.3 Å². The van der Waals surface area contributed by atoms with E-state index in [0.717, 1.165) is 0 Å². The molecule has 0 nitrogen and oxygen atoms in total. The molecule has 2 heteroatoms. The molecule has 0 aliphatic rings. The van der Waals surface area contributed by atoms with Crippen molar-refractivity contribution in [1.29, 1.82) is 0 Å². The minimum atomic E-state index is -0.845. The number of rotatable bonds is 2. The van der Waals surface area contributed by atoms with Crippen LogP contribution in [0.4, 0.5) is 0 Å². The average Bonchev–Trinajstić information content (AvgIpc) is 1.30. The Hall–Kier alpha value is 0.697. The Morgan fingerprint density at radius 1 is 1.43 bits per heavy atom. The molecule has 0 aromatic carbocycles. The average molecular weight is 181 g/mol. The highest BCUT2D eigenvalue weighted by atomic mass is 79.9. The molecule has 0 saturated heterocycles. The van der Waals surface area contributed by atoms with Crippen molar-refractivity contribution in [1.82, 2.24) is 0 Å². The van der Waals surface area contributed by atoms with Crippen molar-refractivity contribution in [2.75, 3.05) is 0 Å². The molecule has 0 aliphatic heterocycles. The molecule has 0 spiro atoms. The maximum Gasteiger partial charge on any atom is 0.124 e. The van der Waals surface area contributed by atoms with Gasteiger partial charge >= 0.3 is 0 Å². The third-order valence-corrected chi connectivity index (χ3v) is 3.72. The van der Waals surface area contributed by atoms with Gasteiger partial charge in [0.1, 0.15) is 6.69 Å². The third kappa shape index (κ3) is 6.70. The first-order valence-corrected chi connectivity index (χ1v) is 8.21. The van der Waals surface area contributed by atoms with Crippen LogP contribution in [0, 0.1) is 0 Å². The van der Waals surface area contributed by atoms with E-state index in [9.17, 15) is 0 Å². The second kappa shape index (κ2) is 2.87. The van der Waals surface area contributed by atoms with Crippen LogP contribution in [0.5, 0.6) is 0 Å². The van der Waals surface area contributed by atoms with Gasteiger partial charge < -0.3 is 0 Å². The van der Waals surface area contributed by atoms with Gasteiger partial charge in [-0.3, -0.25) is 0 Å². The van der Waals surface area contributed by atoms with Crippen LogP contribution < -0.4 is 0 Å². The maximum absolute atomic E-state index is 3.68. The fraction of sp³-hybridized carbons (Fsp3) is 1.00. The normalized spacial score (nSPS) is 12.0. The predicted octanol–water partition coefficient (Wildman–Crippen LogP) is 3.00. The standard InChI is InChI=1S/C5H13BrSi/c1-4-5-7(2,3)6/h4-5H2,1-3H3. The van der Waals surface area contributed by atoms with Gasteiger partial charge in [0.2, 0.25) is 0 Å². The van der Waals surface area contributed by atoms with Gasteiger partial charge in [0.15, 0.2) is 0 Å². The first-order chi connectivity index (χ1) is 3.06. The molecule has 7 heavy (non-hydrogen) atoms. The van der Waals surface area contributed by atoms with Gasteiger partial charge in [0.25, 0.3) is 0 Å². The first kappa shape index (κ1) is 7.70. The molecule has 0 fully saturated rings. The summed E-state index contributed by atoms with van der Waals surface area (Å²) in [5.41, 5.74) is 0. The topological polar surface area (TPSA) is 0 Å². The van der Waals surface area contributed by atoms with Crippen LogP contribution in [0.15, 0.2) is 0 Å². The van der Waals surface area contributed by atoms with E-state index in [1.807, 2.05) is 0 Å². The summed E-state index contributed by atoms with van der Waals surface area (Å²) in [4.78, 5) is 0. The van der Waals surface area contributed by atoms with E-state index in [1.54, 1.807) is 0 Å². The fourth-order valence-electron chi connectivity index (χ4n) is 0.594. The van der Waals surface area contributed by atoms with Crippen molar-refractivity contribution in [2.45, 2.75) is 32.5 Å². The largest absolute Gasteiger partial charge is 0.127 e. The summed E-state index contributed by atoms with van der Waals surface area (Å²) < 4.78 is 0. The lowest BCUT2D eigenvalue weighted by molar-refractivity contribution is 1.06. The van der Waals surface area contributed by atoms with E-state index in [4.69, 9.17) is 0 Å². The lowest BCUT2D eigenvalue weighted by Gasteiger charge is -2.09. The molecule has 0 aromatic rings. The van der Waals surface area contributed by atoms with Gasteiger partial charge in [-0.25, -0.2) is 0 Å². The summed E-state index contributed by atoms with van der Waals surface area (Å²) >= 11 is 3.68. The van der Waals surface area contributed by atoms with Crippen LogP contribution in [0.1, 0.15) is 13.3 Å². The minimum absolute atomic E-state index is 0.845. The third-order valence-electron chi connectivity index (χ3n) is 0.844. The predicted molar refractivity (Wildman–Crippen MR) is 41.5 cm³/mol. The smallest absolute Gasteiger partial charge is 0.124 e. The monoisotopic (exact) mass is 180 g/mol. The van der Waals surface area contributed by atoms with E-state index in [2.05, 4.69) is 35.3 Å². The lowest BCUT2D eigenvalue weighted by Crippen LogP contribution is -2.13. The summed E-state index contributed by atoms with van der Waals surface area (Å²) in [6.07, 6.45) is 1.32. The molecule has 0 unspecified atom stereocenters. The number of hydrogen-bond acceptors (Lipinski definition) is 0. The molecule has 0 aliphatic carbocycles. The van der Waals surface area contributed by atoms with Crippen LogP contribution in [-0.2, 0) is 0 Å². The van der Waals surface area contributed by atoms with E-state index >= 15 is 0 Å². The van der Waals surface area contributed by atoms with E-state index in [1.165, 1.54) is 12.5 Å². The summed E-state index contributed by atoms with van der Waals surface area (Å²) in [5.74, 6) is 0. The molecular weight excluding hydrogens is 168 g/mol. The quantitative estimate of drug-likeness (QED) is 0.453. The molecule has 0 heterocycles. The zero-order chi connectivity index (χ0) is 5.91. The number of hydrogen-bond donors (Lipinski definition) is 0.